The highest BCUT2D eigenvalue weighted by Gasteiger charge is 2.39. The van der Waals surface area contributed by atoms with E-state index in [2.05, 4.69) is 30.7 Å². The normalized spacial score (nSPS) is 44.4. The fourth-order valence-electron chi connectivity index (χ4n) is 4.82. The smallest absolute Gasteiger partial charge is 0.147 e. The van der Waals surface area contributed by atoms with E-state index in [1.54, 1.807) is 0 Å². The summed E-state index contributed by atoms with van der Waals surface area (Å²) in [5.41, 5.74) is 0. The number of piperidine rings is 2. The molecular weight excluding hydrogens is 248 g/mol. The molecule has 0 N–H and O–H groups in total. The van der Waals surface area contributed by atoms with Gasteiger partial charge < -0.3 is 4.90 Å². The van der Waals surface area contributed by atoms with Crippen LogP contribution in [0.5, 0.6) is 0 Å². The Kier molecular flexibility index (Phi) is 4.19. The molecule has 3 heteroatoms. The third kappa shape index (κ3) is 2.94. The van der Waals surface area contributed by atoms with Crippen LogP contribution in [0.25, 0.3) is 0 Å². The van der Waals surface area contributed by atoms with Crippen LogP contribution in [-0.2, 0) is 4.79 Å². The van der Waals surface area contributed by atoms with E-state index in [0.29, 0.717) is 17.7 Å². The first-order chi connectivity index (χ1) is 9.52. The molecule has 0 aromatic rings. The molecule has 3 fully saturated rings. The van der Waals surface area contributed by atoms with Gasteiger partial charge in [0, 0.05) is 31.6 Å². The number of carbonyl (C=O) groups excluding carboxylic acids is 1. The second-order valence-electron chi connectivity index (χ2n) is 7.79. The molecule has 0 radical (unpaired) electrons. The van der Waals surface area contributed by atoms with Crippen molar-refractivity contribution in [2.75, 3.05) is 26.7 Å². The van der Waals surface area contributed by atoms with Gasteiger partial charge in [0.25, 0.3) is 0 Å². The molecule has 0 bridgehead atoms. The van der Waals surface area contributed by atoms with Gasteiger partial charge in [-0.15, -0.1) is 0 Å². The van der Waals surface area contributed by atoms with Gasteiger partial charge in [-0.3, -0.25) is 9.69 Å². The number of carbonyl (C=O) groups is 1. The van der Waals surface area contributed by atoms with Crippen LogP contribution >= 0.6 is 0 Å². The van der Waals surface area contributed by atoms with Crippen LogP contribution in [0.1, 0.15) is 46.0 Å². The molecule has 2 aliphatic heterocycles. The van der Waals surface area contributed by atoms with Crippen LogP contribution in [0.15, 0.2) is 0 Å². The maximum absolute atomic E-state index is 11.9. The van der Waals surface area contributed by atoms with E-state index >= 15 is 0 Å². The summed E-state index contributed by atoms with van der Waals surface area (Å²) in [5.74, 6) is 2.82. The maximum Gasteiger partial charge on any atom is 0.147 e. The summed E-state index contributed by atoms with van der Waals surface area (Å²) in [5, 5.41) is 0. The summed E-state index contributed by atoms with van der Waals surface area (Å²) in [6, 6.07) is 1.41. The Balaban J connectivity index is 1.62. The SMILES string of the molecule is CC1CC(=O)CN([C@H]2CC[C@H]3CN(C)[C@H](C)C[C@H]3C2)C1. The molecule has 0 aromatic carbocycles. The fraction of sp³-hybridized carbons (Fsp3) is 0.941. The van der Waals surface area contributed by atoms with Gasteiger partial charge in [-0.1, -0.05) is 6.92 Å². The molecule has 1 unspecified atom stereocenters. The van der Waals surface area contributed by atoms with Gasteiger partial charge in [0.05, 0.1) is 6.54 Å². The summed E-state index contributed by atoms with van der Waals surface area (Å²) in [7, 11) is 2.28. The fourth-order valence-corrected chi connectivity index (χ4v) is 4.82. The molecule has 0 spiro atoms. The van der Waals surface area contributed by atoms with Crippen molar-refractivity contribution in [3.8, 4) is 0 Å². The number of likely N-dealkylation sites (tertiary alicyclic amines) is 2. The first kappa shape index (κ1) is 14.5. The minimum absolute atomic E-state index is 0.461. The minimum atomic E-state index is 0.461. The first-order valence-electron chi connectivity index (χ1n) is 8.49. The standard InChI is InChI=1S/C17H30N2O/c1-12-6-17(20)11-19(9-12)16-5-4-14-10-18(3)13(2)7-15(14)8-16/h12-16H,4-11H2,1-3H3/t12?,13-,14+,15+,16+/m1/s1. The van der Waals surface area contributed by atoms with Gasteiger partial charge in [-0.2, -0.15) is 0 Å². The Morgan fingerprint density at radius 3 is 2.60 bits per heavy atom. The number of hydrogen-bond donors (Lipinski definition) is 0. The molecule has 0 aromatic heterocycles. The third-order valence-electron chi connectivity index (χ3n) is 6.05. The monoisotopic (exact) mass is 278 g/mol. The zero-order valence-electron chi connectivity index (χ0n) is 13.3. The lowest BCUT2D eigenvalue weighted by atomic mass is 9.71. The van der Waals surface area contributed by atoms with Crippen molar-refractivity contribution in [2.45, 2.75) is 58.0 Å². The number of Topliss-reactive ketones (excluding diaryl/α,β-unsaturated/α-hetero) is 1. The highest BCUT2D eigenvalue weighted by molar-refractivity contribution is 5.81. The Morgan fingerprint density at radius 2 is 1.85 bits per heavy atom. The Morgan fingerprint density at radius 1 is 1.05 bits per heavy atom. The van der Waals surface area contributed by atoms with E-state index < -0.39 is 0 Å². The summed E-state index contributed by atoms with van der Waals surface area (Å²) >= 11 is 0. The van der Waals surface area contributed by atoms with Crippen molar-refractivity contribution in [1.82, 2.24) is 9.80 Å². The highest BCUT2D eigenvalue weighted by atomic mass is 16.1. The quantitative estimate of drug-likeness (QED) is 0.736. The Labute approximate surface area is 123 Å². The predicted octanol–water partition coefficient (Wildman–Crippen LogP) is 2.41. The number of fused-ring (bicyclic) bond motifs is 1. The second-order valence-corrected chi connectivity index (χ2v) is 7.79. The average Bonchev–Trinajstić information content (AvgIpc) is 2.38. The van der Waals surface area contributed by atoms with Gasteiger partial charge in [0.15, 0.2) is 0 Å². The van der Waals surface area contributed by atoms with Crippen LogP contribution in [0.3, 0.4) is 0 Å². The second kappa shape index (κ2) is 5.76. The molecular formula is C17H30N2O. The van der Waals surface area contributed by atoms with E-state index in [1.165, 1.54) is 32.2 Å². The lowest BCUT2D eigenvalue weighted by Gasteiger charge is -2.48. The van der Waals surface area contributed by atoms with Gasteiger partial charge in [-0.05, 0) is 57.4 Å². The summed E-state index contributed by atoms with van der Waals surface area (Å²) < 4.78 is 0. The van der Waals surface area contributed by atoms with Crippen LogP contribution in [-0.4, -0.2) is 54.3 Å². The molecule has 114 valence electrons. The average molecular weight is 278 g/mol. The van der Waals surface area contributed by atoms with Crippen molar-refractivity contribution in [3.05, 3.63) is 0 Å². The summed E-state index contributed by atoms with van der Waals surface area (Å²) in [6.45, 7) is 7.75. The van der Waals surface area contributed by atoms with Gasteiger partial charge in [0.1, 0.15) is 5.78 Å². The van der Waals surface area contributed by atoms with E-state index in [4.69, 9.17) is 0 Å². The van der Waals surface area contributed by atoms with Crippen LogP contribution < -0.4 is 0 Å². The van der Waals surface area contributed by atoms with E-state index in [1.807, 2.05) is 0 Å². The van der Waals surface area contributed by atoms with E-state index in [-0.39, 0.29) is 0 Å². The van der Waals surface area contributed by atoms with Crippen molar-refractivity contribution in [1.29, 1.82) is 0 Å². The zero-order valence-corrected chi connectivity index (χ0v) is 13.3. The van der Waals surface area contributed by atoms with Crippen LogP contribution in [0, 0.1) is 17.8 Å². The first-order valence-corrected chi connectivity index (χ1v) is 8.49. The summed E-state index contributed by atoms with van der Waals surface area (Å²) in [4.78, 5) is 16.9. The lowest BCUT2D eigenvalue weighted by Crippen LogP contribution is -2.52. The third-order valence-corrected chi connectivity index (χ3v) is 6.05. The Hall–Kier alpha value is -0.410. The predicted molar refractivity (Wildman–Crippen MR) is 81.7 cm³/mol. The maximum atomic E-state index is 11.9. The molecule has 3 rings (SSSR count). The summed E-state index contributed by atoms with van der Waals surface area (Å²) in [6.07, 6.45) is 6.17. The number of nitrogens with zero attached hydrogens (tertiary/aromatic N) is 2. The van der Waals surface area contributed by atoms with Gasteiger partial charge in [0.2, 0.25) is 0 Å². The van der Waals surface area contributed by atoms with Crippen molar-refractivity contribution in [2.24, 2.45) is 17.8 Å². The minimum Gasteiger partial charge on any atom is -0.303 e. The molecule has 3 nitrogen and oxygen atoms in total. The largest absolute Gasteiger partial charge is 0.303 e. The molecule has 5 atom stereocenters. The zero-order chi connectivity index (χ0) is 14.3. The van der Waals surface area contributed by atoms with Crippen molar-refractivity contribution < 1.29 is 4.79 Å². The Bertz CT molecular complexity index is 370. The van der Waals surface area contributed by atoms with Gasteiger partial charge >= 0.3 is 0 Å². The van der Waals surface area contributed by atoms with Gasteiger partial charge in [-0.25, -0.2) is 0 Å². The van der Waals surface area contributed by atoms with E-state index in [9.17, 15) is 4.79 Å². The lowest BCUT2D eigenvalue weighted by molar-refractivity contribution is -0.125. The molecule has 2 saturated heterocycles. The molecule has 1 saturated carbocycles. The molecule has 1 aliphatic carbocycles. The van der Waals surface area contributed by atoms with E-state index in [0.717, 1.165) is 37.4 Å². The van der Waals surface area contributed by atoms with Crippen molar-refractivity contribution in [3.63, 3.8) is 0 Å². The molecule has 0 amide bonds. The molecule has 3 aliphatic rings. The molecule has 2 heterocycles. The van der Waals surface area contributed by atoms with Crippen LogP contribution in [0.4, 0.5) is 0 Å². The van der Waals surface area contributed by atoms with Crippen LogP contribution in [0.2, 0.25) is 0 Å². The topological polar surface area (TPSA) is 23.6 Å². The number of ketones is 1. The number of rotatable bonds is 1. The molecule has 20 heavy (non-hydrogen) atoms. The highest BCUT2D eigenvalue weighted by Crippen LogP contribution is 2.40. The number of hydrogen-bond acceptors (Lipinski definition) is 3. The van der Waals surface area contributed by atoms with Crippen molar-refractivity contribution >= 4 is 5.78 Å².